The minimum Gasteiger partial charge on any atom is -0.492 e. The van der Waals surface area contributed by atoms with Gasteiger partial charge in [-0.05, 0) is 32.8 Å². The van der Waals surface area contributed by atoms with Crippen LogP contribution in [0.5, 0.6) is 5.75 Å². The first-order valence-electron chi connectivity index (χ1n) is 9.79. The van der Waals surface area contributed by atoms with Gasteiger partial charge in [-0.2, -0.15) is 0 Å². The first-order valence-corrected chi connectivity index (χ1v) is 9.79. The highest BCUT2D eigenvalue weighted by Crippen LogP contribution is 2.59. The summed E-state index contributed by atoms with van der Waals surface area (Å²) in [6, 6.07) is 0.933. The Balaban J connectivity index is 1.76. The number of aryl methyl sites for hydroxylation is 1. The molecule has 0 unspecified atom stereocenters. The van der Waals surface area contributed by atoms with Crippen molar-refractivity contribution in [1.82, 2.24) is 4.57 Å². The van der Waals surface area contributed by atoms with Crippen LogP contribution in [0.15, 0.2) is 17.1 Å². The van der Waals surface area contributed by atoms with E-state index in [9.17, 15) is 9.18 Å². The van der Waals surface area contributed by atoms with E-state index in [0.717, 1.165) is 12.8 Å². The maximum absolute atomic E-state index is 15.3. The summed E-state index contributed by atoms with van der Waals surface area (Å²) >= 11 is 0. The van der Waals surface area contributed by atoms with Crippen molar-refractivity contribution in [3.8, 4) is 5.75 Å². The van der Waals surface area contributed by atoms with Crippen LogP contribution in [0.25, 0.3) is 10.9 Å². The third-order valence-corrected chi connectivity index (χ3v) is 7.01. The summed E-state index contributed by atoms with van der Waals surface area (Å²) in [6.45, 7) is 4.85. The Morgan fingerprint density at radius 3 is 2.54 bits per heavy atom. The molecule has 2 N–H and O–H groups in total. The second-order valence-electron chi connectivity index (χ2n) is 9.06. The number of benzene rings is 1. The van der Waals surface area contributed by atoms with Gasteiger partial charge < -0.3 is 19.9 Å². The SMILES string of the molecule is COc1c(N2CC3(CC3)[C@](C)(N)C2)c(F)cc2c(=O)c(C)cn([C@@H]3C[C@@H]3F)c12. The smallest absolute Gasteiger partial charge is 0.192 e. The molecule has 0 radical (unpaired) electrons. The number of methoxy groups -OCH3 is 1. The lowest BCUT2D eigenvalue weighted by atomic mass is 9.87. The lowest BCUT2D eigenvalue weighted by molar-refractivity contribution is 0.354. The molecule has 2 saturated carbocycles. The van der Waals surface area contributed by atoms with Gasteiger partial charge in [0.2, 0.25) is 0 Å². The van der Waals surface area contributed by atoms with Crippen molar-refractivity contribution in [2.24, 2.45) is 11.1 Å². The fourth-order valence-electron chi connectivity index (χ4n) is 4.97. The second kappa shape index (κ2) is 5.47. The Morgan fingerprint density at radius 2 is 2.00 bits per heavy atom. The zero-order valence-corrected chi connectivity index (χ0v) is 16.4. The van der Waals surface area contributed by atoms with Crippen LogP contribution in [0.1, 0.15) is 37.8 Å². The molecule has 1 aliphatic heterocycles. The van der Waals surface area contributed by atoms with Crippen LogP contribution in [0, 0.1) is 18.2 Å². The molecule has 1 saturated heterocycles. The molecule has 2 aliphatic carbocycles. The molecule has 0 bridgehead atoms. The predicted molar refractivity (Wildman–Crippen MR) is 104 cm³/mol. The topological polar surface area (TPSA) is 60.5 Å². The number of ether oxygens (including phenoxy) is 1. The van der Waals surface area contributed by atoms with Gasteiger partial charge in [-0.1, -0.05) is 0 Å². The largest absolute Gasteiger partial charge is 0.492 e. The van der Waals surface area contributed by atoms with Gasteiger partial charge in [0, 0.05) is 42.2 Å². The molecule has 2 heterocycles. The van der Waals surface area contributed by atoms with Crippen molar-refractivity contribution in [3.63, 3.8) is 0 Å². The number of aromatic nitrogens is 1. The highest BCUT2D eigenvalue weighted by Gasteiger charge is 2.61. The number of hydrogen-bond donors (Lipinski definition) is 1. The molecule has 5 rings (SSSR count). The second-order valence-corrected chi connectivity index (χ2v) is 9.06. The first-order chi connectivity index (χ1) is 13.2. The summed E-state index contributed by atoms with van der Waals surface area (Å²) in [6.07, 6.45) is 3.16. The molecule has 3 fully saturated rings. The average molecular weight is 389 g/mol. The fraction of sp³-hybridized carbons (Fsp3) is 0.571. The molecule has 7 heteroatoms. The highest BCUT2D eigenvalue weighted by molar-refractivity contribution is 5.92. The van der Waals surface area contributed by atoms with Crippen molar-refractivity contribution < 1.29 is 13.5 Å². The van der Waals surface area contributed by atoms with Gasteiger partial charge in [0.15, 0.2) is 17.0 Å². The minimum atomic E-state index is -0.961. The molecule has 1 spiro atoms. The fourth-order valence-corrected chi connectivity index (χ4v) is 4.97. The molecule has 3 aliphatic rings. The molecule has 0 amide bonds. The van der Waals surface area contributed by atoms with Crippen molar-refractivity contribution in [2.45, 2.75) is 50.9 Å². The number of rotatable bonds is 3. The molecular weight excluding hydrogens is 364 g/mol. The third kappa shape index (κ3) is 2.28. The van der Waals surface area contributed by atoms with Crippen LogP contribution in [0.2, 0.25) is 0 Å². The van der Waals surface area contributed by atoms with E-state index in [4.69, 9.17) is 10.5 Å². The first kappa shape index (κ1) is 17.9. The summed E-state index contributed by atoms with van der Waals surface area (Å²) < 4.78 is 36.6. The van der Waals surface area contributed by atoms with Crippen molar-refractivity contribution in [2.75, 3.05) is 25.1 Å². The Morgan fingerprint density at radius 1 is 1.32 bits per heavy atom. The number of fused-ring (bicyclic) bond motifs is 1. The van der Waals surface area contributed by atoms with Crippen LogP contribution >= 0.6 is 0 Å². The quantitative estimate of drug-likeness (QED) is 0.877. The standard InChI is InChI=1S/C21H25F2N3O2/c1-11-8-26(15-7-13(15)22)16-12(18(11)27)6-14(23)17(19(16)28-3)25-9-20(2,24)21(10-25)4-5-21/h6,8,13,15H,4-5,7,9-10,24H2,1-3H3/t13-,15+,20+/m0/s1. The Hall–Kier alpha value is -2.15. The van der Waals surface area contributed by atoms with E-state index in [1.165, 1.54) is 13.2 Å². The zero-order valence-electron chi connectivity index (χ0n) is 16.4. The summed E-state index contributed by atoms with van der Waals surface area (Å²) in [5.41, 5.74) is 7.14. The van der Waals surface area contributed by atoms with Gasteiger partial charge in [0.25, 0.3) is 0 Å². The number of alkyl halides is 1. The zero-order chi connectivity index (χ0) is 20.0. The maximum atomic E-state index is 15.3. The number of nitrogens with zero attached hydrogens (tertiary/aromatic N) is 2. The summed E-state index contributed by atoms with van der Waals surface area (Å²) in [4.78, 5) is 14.7. The van der Waals surface area contributed by atoms with Gasteiger partial charge in [0.1, 0.15) is 11.9 Å². The van der Waals surface area contributed by atoms with Gasteiger partial charge in [-0.3, -0.25) is 4.79 Å². The lowest BCUT2D eigenvalue weighted by Gasteiger charge is -2.26. The number of anilines is 1. The number of nitrogens with two attached hydrogens (primary N) is 1. The lowest BCUT2D eigenvalue weighted by Crippen LogP contribution is -2.45. The van der Waals surface area contributed by atoms with E-state index in [2.05, 4.69) is 0 Å². The molecule has 5 nitrogen and oxygen atoms in total. The van der Waals surface area contributed by atoms with E-state index in [1.54, 1.807) is 17.7 Å². The molecular formula is C21H25F2N3O2. The van der Waals surface area contributed by atoms with Crippen molar-refractivity contribution >= 4 is 16.6 Å². The van der Waals surface area contributed by atoms with E-state index in [0.29, 0.717) is 42.0 Å². The van der Waals surface area contributed by atoms with Gasteiger partial charge in [0.05, 0.1) is 24.1 Å². The maximum Gasteiger partial charge on any atom is 0.192 e. The Labute approximate surface area is 162 Å². The van der Waals surface area contributed by atoms with Crippen LogP contribution in [0.4, 0.5) is 14.5 Å². The number of halogens is 2. The molecule has 2 aromatic rings. The molecule has 1 aromatic heterocycles. The van der Waals surface area contributed by atoms with Gasteiger partial charge >= 0.3 is 0 Å². The average Bonchev–Trinajstić information content (AvgIpc) is 3.53. The summed E-state index contributed by atoms with van der Waals surface area (Å²) in [5, 5.41) is 0.230. The minimum absolute atomic E-state index is 0.00682. The number of hydrogen-bond acceptors (Lipinski definition) is 4. The normalized spacial score (nSPS) is 30.3. The van der Waals surface area contributed by atoms with Gasteiger partial charge in [-0.15, -0.1) is 0 Å². The van der Waals surface area contributed by atoms with Crippen molar-refractivity contribution in [1.29, 1.82) is 0 Å². The monoisotopic (exact) mass is 389 g/mol. The highest BCUT2D eigenvalue weighted by atomic mass is 19.1. The molecule has 150 valence electrons. The van der Waals surface area contributed by atoms with E-state index in [1.807, 2.05) is 11.8 Å². The number of pyridine rings is 1. The molecule has 1 aromatic carbocycles. The van der Waals surface area contributed by atoms with Crippen LogP contribution in [0.3, 0.4) is 0 Å². The van der Waals surface area contributed by atoms with Crippen LogP contribution in [-0.2, 0) is 0 Å². The van der Waals surface area contributed by atoms with Crippen LogP contribution < -0.4 is 20.8 Å². The van der Waals surface area contributed by atoms with E-state index >= 15 is 4.39 Å². The Kier molecular flexibility index (Phi) is 3.50. The third-order valence-electron chi connectivity index (χ3n) is 7.01. The molecule has 28 heavy (non-hydrogen) atoms. The van der Waals surface area contributed by atoms with Crippen LogP contribution in [-0.4, -0.2) is 36.5 Å². The Bertz CT molecular complexity index is 1050. The van der Waals surface area contributed by atoms with E-state index < -0.39 is 17.5 Å². The van der Waals surface area contributed by atoms with Crippen molar-refractivity contribution in [3.05, 3.63) is 33.9 Å². The molecule has 3 atom stereocenters. The van der Waals surface area contributed by atoms with Gasteiger partial charge in [-0.25, -0.2) is 8.78 Å². The van der Waals surface area contributed by atoms with E-state index in [-0.39, 0.29) is 22.3 Å². The summed E-state index contributed by atoms with van der Waals surface area (Å²) in [5.74, 6) is -0.209. The predicted octanol–water partition coefficient (Wildman–Crippen LogP) is 3.06. The summed E-state index contributed by atoms with van der Waals surface area (Å²) in [7, 11) is 1.47.